The highest BCUT2D eigenvalue weighted by atomic mass is 35.5. The average molecular weight is 374 g/mol. The minimum absolute atomic E-state index is 0.0109. The van der Waals surface area contributed by atoms with Gasteiger partial charge in [0.05, 0.1) is 5.69 Å². The van der Waals surface area contributed by atoms with Crippen molar-refractivity contribution in [3.8, 4) is 0 Å². The number of nitrogens with zero attached hydrogens (tertiary/aromatic N) is 4. The number of nitrogens with one attached hydrogen (secondary N) is 1. The normalized spacial score (nSPS) is 17.5. The molecule has 1 saturated heterocycles. The van der Waals surface area contributed by atoms with Crippen LogP contribution < -0.4 is 10.2 Å². The Labute approximate surface area is 158 Å². The van der Waals surface area contributed by atoms with E-state index < -0.39 is 0 Å². The van der Waals surface area contributed by atoms with Gasteiger partial charge in [-0.15, -0.1) is 0 Å². The van der Waals surface area contributed by atoms with Gasteiger partial charge >= 0.3 is 6.03 Å². The van der Waals surface area contributed by atoms with E-state index in [1.54, 1.807) is 0 Å². The number of carbonyl (C=O) groups is 1. The molecule has 1 saturated carbocycles. The van der Waals surface area contributed by atoms with E-state index in [1.807, 2.05) is 40.9 Å². The lowest BCUT2D eigenvalue weighted by atomic mass is 10.2. The van der Waals surface area contributed by atoms with E-state index in [1.165, 1.54) is 18.5 Å². The van der Waals surface area contributed by atoms with Crippen molar-refractivity contribution in [1.82, 2.24) is 20.0 Å². The minimum atomic E-state index is -0.0109. The van der Waals surface area contributed by atoms with E-state index in [9.17, 15) is 4.79 Å². The van der Waals surface area contributed by atoms with Gasteiger partial charge < -0.3 is 15.1 Å². The molecule has 1 N–H and O–H groups in total. The number of rotatable bonds is 4. The molecule has 1 aromatic carbocycles. The molecule has 2 aliphatic rings. The number of benzene rings is 1. The van der Waals surface area contributed by atoms with Crippen molar-refractivity contribution in [2.75, 3.05) is 31.1 Å². The van der Waals surface area contributed by atoms with E-state index in [0.717, 1.165) is 37.6 Å². The molecular formula is C19H24ClN5O. The van der Waals surface area contributed by atoms with Gasteiger partial charge in [-0.05, 0) is 30.5 Å². The second-order valence-corrected chi connectivity index (χ2v) is 7.52. The number of urea groups is 1. The maximum Gasteiger partial charge on any atom is 0.317 e. The van der Waals surface area contributed by atoms with Crippen LogP contribution in [0.5, 0.6) is 0 Å². The average Bonchev–Trinajstić information content (AvgIpc) is 3.43. The third kappa shape index (κ3) is 3.80. The molecule has 2 heterocycles. The van der Waals surface area contributed by atoms with Crippen LogP contribution in [0.2, 0.25) is 5.02 Å². The van der Waals surface area contributed by atoms with E-state index >= 15 is 0 Å². The van der Waals surface area contributed by atoms with Crippen LogP contribution in [0.4, 0.5) is 10.6 Å². The molecule has 4 rings (SSSR count). The minimum Gasteiger partial charge on any atom is -0.353 e. The lowest BCUT2D eigenvalue weighted by molar-refractivity contribution is 0.193. The maximum absolute atomic E-state index is 12.4. The van der Waals surface area contributed by atoms with Crippen molar-refractivity contribution in [3.63, 3.8) is 0 Å². The van der Waals surface area contributed by atoms with Crippen LogP contribution in [0.3, 0.4) is 0 Å². The molecule has 0 radical (unpaired) electrons. The van der Waals surface area contributed by atoms with Crippen LogP contribution in [-0.2, 0) is 13.6 Å². The summed E-state index contributed by atoms with van der Waals surface area (Å²) in [6.45, 7) is 3.62. The van der Waals surface area contributed by atoms with Crippen LogP contribution in [0.1, 0.15) is 30.0 Å². The van der Waals surface area contributed by atoms with Crippen molar-refractivity contribution < 1.29 is 4.79 Å². The first-order valence-electron chi connectivity index (χ1n) is 9.16. The van der Waals surface area contributed by atoms with E-state index in [0.29, 0.717) is 17.5 Å². The Balaban J connectivity index is 1.28. The lowest BCUT2D eigenvalue weighted by Crippen LogP contribution is -2.52. The van der Waals surface area contributed by atoms with Gasteiger partial charge in [0.25, 0.3) is 0 Å². The first kappa shape index (κ1) is 17.2. The second-order valence-electron chi connectivity index (χ2n) is 7.08. The third-order valence-electron chi connectivity index (χ3n) is 5.12. The number of hydrogen-bond acceptors (Lipinski definition) is 3. The van der Waals surface area contributed by atoms with E-state index in [2.05, 4.69) is 21.4 Å². The first-order chi connectivity index (χ1) is 12.6. The smallest absolute Gasteiger partial charge is 0.317 e. The summed E-state index contributed by atoms with van der Waals surface area (Å²) in [7, 11) is 2.01. The molecule has 2 fully saturated rings. The predicted molar refractivity (Wildman–Crippen MR) is 103 cm³/mol. The highest BCUT2D eigenvalue weighted by Crippen LogP contribution is 2.40. The predicted octanol–water partition coefficient (Wildman–Crippen LogP) is 2.98. The maximum atomic E-state index is 12.4. The molecule has 1 aliphatic heterocycles. The number of amides is 2. The first-order valence-corrected chi connectivity index (χ1v) is 9.54. The number of hydrogen-bond donors (Lipinski definition) is 1. The van der Waals surface area contributed by atoms with Crippen molar-refractivity contribution in [2.24, 2.45) is 7.05 Å². The summed E-state index contributed by atoms with van der Waals surface area (Å²) in [6.07, 6.45) is 2.52. The fourth-order valence-corrected chi connectivity index (χ4v) is 3.51. The fraction of sp³-hybridized carbons (Fsp3) is 0.474. The number of aryl methyl sites for hydroxylation is 1. The fourth-order valence-electron chi connectivity index (χ4n) is 3.38. The molecule has 138 valence electrons. The van der Waals surface area contributed by atoms with Crippen molar-refractivity contribution in [1.29, 1.82) is 0 Å². The SMILES string of the molecule is Cn1nc(C2CC2)cc1N1CCN(C(=O)NCc2ccc(Cl)cc2)CC1. The molecule has 1 aromatic heterocycles. The molecule has 2 aromatic rings. The molecule has 0 bridgehead atoms. The summed E-state index contributed by atoms with van der Waals surface area (Å²) in [5.41, 5.74) is 2.26. The van der Waals surface area contributed by atoms with Gasteiger partial charge in [-0.3, -0.25) is 4.68 Å². The van der Waals surface area contributed by atoms with Crippen molar-refractivity contribution >= 4 is 23.4 Å². The molecule has 26 heavy (non-hydrogen) atoms. The van der Waals surface area contributed by atoms with Crippen molar-refractivity contribution in [3.05, 3.63) is 46.6 Å². The van der Waals surface area contributed by atoms with Crippen LogP contribution in [-0.4, -0.2) is 46.9 Å². The Kier molecular flexibility index (Phi) is 4.76. The quantitative estimate of drug-likeness (QED) is 0.896. The summed E-state index contributed by atoms with van der Waals surface area (Å²) in [5.74, 6) is 1.82. The lowest BCUT2D eigenvalue weighted by Gasteiger charge is -2.35. The molecule has 0 unspecified atom stereocenters. The molecular weight excluding hydrogens is 350 g/mol. The summed E-state index contributed by atoms with van der Waals surface area (Å²) in [5, 5.41) is 8.34. The number of anilines is 1. The Morgan fingerprint density at radius 2 is 1.88 bits per heavy atom. The van der Waals surface area contributed by atoms with Crippen LogP contribution in [0, 0.1) is 0 Å². The van der Waals surface area contributed by atoms with Gasteiger partial charge in [0.1, 0.15) is 5.82 Å². The zero-order valence-electron chi connectivity index (χ0n) is 15.0. The highest BCUT2D eigenvalue weighted by molar-refractivity contribution is 6.30. The molecule has 0 atom stereocenters. The van der Waals surface area contributed by atoms with Gasteiger partial charge in [0.2, 0.25) is 0 Å². The number of aromatic nitrogens is 2. The molecule has 6 nitrogen and oxygen atoms in total. The van der Waals surface area contributed by atoms with Gasteiger partial charge in [-0.2, -0.15) is 5.10 Å². The molecule has 0 spiro atoms. The van der Waals surface area contributed by atoms with Crippen LogP contribution in [0.15, 0.2) is 30.3 Å². The Hall–Kier alpha value is -2.21. The summed E-state index contributed by atoms with van der Waals surface area (Å²) < 4.78 is 1.98. The largest absolute Gasteiger partial charge is 0.353 e. The third-order valence-corrected chi connectivity index (χ3v) is 5.37. The number of piperazine rings is 1. The highest BCUT2D eigenvalue weighted by Gasteiger charge is 2.29. The number of carbonyl (C=O) groups excluding carboxylic acids is 1. The summed E-state index contributed by atoms with van der Waals surface area (Å²) >= 11 is 5.89. The topological polar surface area (TPSA) is 53.4 Å². The molecule has 1 aliphatic carbocycles. The van der Waals surface area contributed by atoms with Crippen LogP contribution >= 0.6 is 11.6 Å². The Bertz CT molecular complexity index is 776. The van der Waals surface area contributed by atoms with E-state index in [4.69, 9.17) is 11.6 Å². The number of halogens is 1. The zero-order valence-corrected chi connectivity index (χ0v) is 15.7. The summed E-state index contributed by atoms with van der Waals surface area (Å²) in [4.78, 5) is 16.6. The van der Waals surface area contributed by atoms with Gasteiger partial charge in [-0.1, -0.05) is 23.7 Å². The van der Waals surface area contributed by atoms with Gasteiger partial charge in [0, 0.05) is 56.8 Å². The Morgan fingerprint density at radius 1 is 1.19 bits per heavy atom. The summed E-state index contributed by atoms with van der Waals surface area (Å²) in [6, 6.07) is 9.75. The standard InChI is InChI=1S/C19H24ClN5O/c1-23-18(12-17(22-23)15-4-5-15)24-8-10-25(11-9-24)19(26)21-13-14-2-6-16(20)7-3-14/h2-3,6-7,12,15H,4-5,8-11,13H2,1H3,(H,21,26). The van der Waals surface area contributed by atoms with Gasteiger partial charge in [0.15, 0.2) is 0 Å². The molecule has 7 heteroatoms. The second kappa shape index (κ2) is 7.19. The zero-order chi connectivity index (χ0) is 18.1. The van der Waals surface area contributed by atoms with Crippen molar-refractivity contribution in [2.45, 2.75) is 25.3 Å². The van der Waals surface area contributed by atoms with Gasteiger partial charge in [-0.25, -0.2) is 4.79 Å². The van der Waals surface area contributed by atoms with E-state index in [-0.39, 0.29) is 6.03 Å². The Morgan fingerprint density at radius 3 is 2.54 bits per heavy atom. The van der Waals surface area contributed by atoms with Crippen LogP contribution in [0.25, 0.3) is 0 Å². The monoisotopic (exact) mass is 373 g/mol. The molecule has 2 amide bonds.